The van der Waals surface area contributed by atoms with Gasteiger partial charge in [-0.2, -0.15) is 0 Å². The van der Waals surface area contributed by atoms with E-state index in [9.17, 15) is 9.59 Å². The molecule has 4 rings (SSSR count). The fourth-order valence-electron chi connectivity index (χ4n) is 3.65. The van der Waals surface area contributed by atoms with E-state index in [2.05, 4.69) is 24.4 Å². The number of thiophene rings is 1. The number of carbonyl (C=O) groups excluding carboxylic acids is 2. The molecule has 1 saturated carbocycles. The van der Waals surface area contributed by atoms with Crippen molar-refractivity contribution in [1.29, 1.82) is 0 Å². The Kier molecular flexibility index (Phi) is 4.34. The molecule has 2 heterocycles. The second kappa shape index (κ2) is 6.64. The van der Waals surface area contributed by atoms with Crippen molar-refractivity contribution in [3.8, 4) is 0 Å². The smallest absolute Gasteiger partial charge is 0.263 e. The highest BCUT2D eigenvalue weighted by molar-refractivity contribution is 7.12. The molecular formula is C20H22N2O2S. The minimum absolute atomic E-state index is 0.0373. The van der Waals surface area contributed by atoms with Gasteiger partial charge in [-0.05, 0) is 42.3 Å². The quantitative estimate of drug-likeness (QED) is 0.917. The van der Waals surface area contributed by atoms with Gasteiger partial charge in [0.2, 0.25) is 5.91 Å². The average Bonchev–Trinajstić information content (AvgIpc) is 3.12. The number of carbonyl (C=O) groups is 2. The molecule has 1 aromatic heterocycles. The SMILES string of the molecule is Cc1ccccc1C1CN(C(=O)c2cccs2)CC1C(=O)NC1CC1. The van der Waals surface area contributed by atoms with Crippen LogP contribution in [0.25, 0.3) is 0 Å². The van der Waals surface area contributed by atoms with Gasteiger partial charge in [0.15, 0.2) is 0 Å². The van der Waals surface area contributed by atoms with Gasteiger partial charge in [0, 0.05) is 25.0 Å². The average molecular weight is 354 g/mol. The summed E-state index contributed by atoms with van der Waals surface area (Å²) in [7, 11) is 0. The molecule has 130 valence electrons. The Bertz CT molecular complexity index is 783. The van der Waals surface area contributed by atoms with E-state index in [1.54, 1.807) is 0 Å². The fourth-order valence-corrected chi connectivity index (χ4v) is 4.34. The number of likely N-dealkylation sites (tertiary alicyclic amines) is 1. The van der Waals surface area contributed by atoms with Crippen LogP contribution >= 0.6 is 11.3 Å². The molecule has 1 saturated heterocycles. The van der Waals surface area contributed by atoms with E-state index in [4.69, 9.17) is 0 Å². The normalized spacial score (nSPS) is 22.8. The third-order valence-corrected chi connectivity index (χ3v) is 6.05. The van der Waals surface area contributed by atoms with E-state index in [1.165, 1.54) is 22.5 Å². The minimum atomic E-state index is -0.175. The third kappa shape index (κ3) is 3.33. The number of aryl methyl sites for hydroxylation is 1. The van der Waals surface area contributed by atoms with Gasteiger partial charge in [-0.25, -0.2) is 0 Å². The van der Waals surface area contributed by atoms with Crippen LogP contribution < -0.4 is 5.32 Å². The standard InChI is InChI=1S/C20H22N2O2S/c1-13-5-2-3-6-15(13)16-11-22(20(24)18-7-4-10-25-18)12-17(16)19(23)21-14-8-9-14/h2-7,10,14,16-17H,8-9,11-12H2,1H3,(H,21,23). The molecule has 0 spiro atoms. The molecule has 1 aliphatic heterocycles. The zero-order valence-electron chi connectivity index (χ0n) is 14.3. The second-order valence-corrected chi connectivity index (χ2v) is 7.99. The van der Waals surface area contributed by atoms with Gasteiger partial charge in [-0.3, -0.25) is 9.59 Å². The first-order valence-electron chi connectivity index (χ1n) is 8.82. The zero-order chi connectivity index (χ0) is 17.4. The Labute approximate surface area is 151 Å². The zero-order valence-corrected chi connectivity index (χ0v) is 15.1. The Hall–Kier alpha value is -2.14. The molecule has 1 aromatic carbocycles. The molecule has 2 fully saturated rings. The maximum atomic E-state index is 12.8. The summed E-state index contributed by atoms with van der Waals surface area (Å²) in [5.74, 6) is 0.0158. The summed E-state index contributed by atoms with van der Waals surface area (Å²) in [5.41, 5.74) is 2.36. The Morgan fingerprint density at radius 3 is 2.60 bits per heavy atom. The van der Waals surface area contributed by atoms with Crippen LogP contribution in [0, 0.1) is 12.8 Å². The van der Waals surface area contributed by atoms with Crippen LogP contribution in [-0.2, 0) is 4.79 Å². The number of benzene rings is 1. The highest BCUT2D eigenvalue weighted by Crippen LogP contribution is 2.36. The number of amides is 2. The summed E-state index contributed by atoms with van der Waals surface area (Å²) in [6, 6.07) is 12.3. The van der Waals surface area contributed by atoms with E-state index in [0.29, 0.717) is 19.1 Å². The predicted octanol–water partition coefficient (Wildman–Crippen LogP) is 3.19. The van der Waals surface area contributed by atoms with Gasteiger partial charge in [0.05, 0.1) is 10.8 Å². The largest absolute Gasteiger partial charge is 0.353 e. The summed E-state index contributed by atoms with van der Waals surface area (Å²) in [6.07, 6.45) is 2.15. The molecule has 5 heteroatoms. The van der Waals surface area contributed by atoms with Crippen molar-refractivity contribution in [3.63, 3.8) is 0 Å². The van der Waals surface area contributed by atoms with Crippen LogP contribution in [0.15, 0.2) is 41.8 Å². The summed E-state index contributed by atoms with van der Waals surface area (Å²) in [4.78, 5) is 28.2. The van der Waals surface area contributed by atoms with Gasteiger partial charge in [-0.15, -0.1) is 11.3 Å². The summed E-state index contributed by atoms with van der Waals surface area (Å²) in [6.45, 7) is 3.17. The number of hydrogen-bond donors (Lipinski definition) is 1. The molecule has 25 heavy (non-hydrogen) atoms. The van der Waals surface area contributed by atoms with Crippen molar-refractivity contribution in [1.82, 2.24) is 10.2 Å². The van der Waals surface area contributed by atoms with Crippen molar-refractivity contribution in [2.75, 3.05) is 13.1 Å². The summed E-state index contributed by atoms with van der Waals surface area (Å²) < 4.78 is 0. The lowest BCUT2D eigenvalue weighted by molar-refractivity contribution is -0.125. The van der Waals surface area contributed by atoms with Gasteiger partial charge in [-0.1, -0.05) is 30.3 Å². The lowest BCUT2D eigenvalue weighted by Gasteiger charge is -2.19. The highest BCUT2D eigenvalue weighted by Gasteiger charge is 2.42. The van der Waals surface area contributed by atoms with Gasteiger partial charge >= 0.3 is 0 Å². The summed E-state index contributed by atoms with van der Waals surface area (Å²) >= 11 is 1.46. The number of nitrogens with zero attached hydrogens (tertiary/aromatic N) is 1. The molecule has 2 unspecified atom stereocenters. The first-order chi connectivity index (χ1) is 12.1. The van der Waals surface area contributed by atoms with Gasteiger partial charge in [0.1, 0.15) is 0 Å². The second-order valence-electron chi connectivity index (χ2n) is 7.04. The van der Waals surface area contributed by atoms with Crippen molar-refractivity contribution in [3.05, 3.63) is 57.8 Å². The first-order valence-corrected chi connectivity index (χ1v) is 9.70. The molecule has 0 radical (unpaired) electrons. The summed E-state index contributed by atoms with van der Waals surface area (Å²) in [5, 5.41) is 5.05. The molecule has 1 N–H and O–H groups in total. The van der Waals surface area contributed by atoms with Crippen LogP contribution in [0.5, 0.6) is 0 Å². The Balaban J connectivity index is 1.60. The van der Waals surface area contributed by atoms with Crippen LogP contribution in [0.1, 0.15) is 39.6 Å². The third-order valence-electron chi connectivity index (χ3n) is 5.19. The van der Waals surface area contributed by atoms with Crippen molar-refractivity contribution < 1.29 is 9.59 Å². The van der Waals surface area contributed by atoms with E-state index in [1.807, 2.05) is 34.5 Å². The molecule has 2 aliphatic rings. The van der Waals surface area contributed by atoms with E-state index < -0.39 is 0 Å². The van der Waals surface area contributed by atoms with Crippen LogP contribution in [-0.4, -0.2) is 35.8 Å². The van der Waals surface area contributed by atoms with Crippen LogP contribution in [0.2, 0.25) is 0 Å². The van der Waals surface area contributed by atoms with Crippen molar-refractivity contribution >= 4 is 23.2 Å². The molecule has 2 atom stereocenters. The molecule has 4 nitrogen and oxygen atoms in total. The van der Waals surface area contributed by atoms with Gasteiger partial charge in [0.25, 0.3) is 5.91 Å². The lowest BCUT2D eigenvalue weighted by atomic mass is 9.86. The molecule has 0 bridgehead atoms. The van der Waals surface area contributed by atoms with E-state index in [0.717, 1.165) is 17.7 Å². The first kappa shape index (κ1) is 16.3. The van der Waals surface area contributed by atoms with Gasteiger partial charge < -0.3 is 10.2 Å². The van der Waals surface area contributed by atoms with Crippen LogP contribution in [0.3, 0.4) is 0 Å². The highest BCUT2D eigenvalue weighted by atomic mass is 32.1. The van der Waals surface area contributed by atoms with Crippen molar-refractivity contribution in [2.45, 2.75) is 31.7 Å². The topological polar surface area (TPSA) is 49.4 Å². The monoisotopic (exact) mass is 354 g/mol. The molecule has 2 amide bonds. The maximum Gasteiger partial charge on any atom is 0.263 e. The maximum absolute atomic E-state index is 12.8. The van der Waals surface area contributed by atoms with E-state index >= 15 is 0 Å². The van der Waals surface area contributed by atoms with E-state index in [-0.39, 0.29) is 23.7 Å². The lowest BCUT2D eigenvalue weighted by Crippen LogP contribution is -2.36. The molecular weight excluding hydrogens is 332 g/mol. The number of nitrogens with one attached hydrogen (secondary N) is 1. The van der Waals surface area contributed by atoms with Crippen molar-refractivity contribution in [2.24, 2.45) is 5.92 Å². The number of hydrogen-bond acceptors (Lipinski definition) is 3. The molecule has 2 aromatic rings. The Morgan fingerprint density at radius 2 is 1.92 bits per heavy atom. The number of rotatable bonds is 4. The van der Waals surface area contributed by atoms with Crippen LogP contribution in [0.4, 0.5) is 0 Å². The predicted molar refractivity (Wildman–Crippen MR) is 98.8 cm³/mol. The Morgan fingerprint density at radius 1 is 1.12 bits per heavy atom. The minimum Gasteiger partial charge on any atom is -0.353 e. The molecule has 1 aliphatic carbocycles. The fraction of sp³-hybridized carbons (Fsp3) is 0.400.